The van der Waals surface area contributed by atoms with Crippen LogP contribution < -0.4 is 11.5 Å². The lowest BCUT2D eigenvalue weighted by atomic mass is 10.2. The summed E-state index contributed by atoms with van der Waals surface area (Å²) in [5, 5.41) is 32.5. The molecule has 0 saturated carbocycles. The fraction of sp³-hybridized carbons (Fsp3) is 0.800. The summed E-state index contributed by atoms with van der Waals surface area (Å²) >= 11 is 0. The molecule has 0 radical (unpaired) electrons. The van der Waals surface area contributed by atoms with Crippen LogP contribution in [0.2, 0.25) is 0 Å². The number of carbonyl (C=O) groups is 2. The van der Waals surface area contributed by atoms with Crippen molar-refractivity contribution in [3.8, 4) is 0 Å². The largest absolute Gasteiger partial charge is 0.479 e. The molecule has 0 heterocycles. The number of carboxylic acids is 2. The zero-order chi connectivity index (χ0) is 15.5. The molecule has 0 aliphatic carbocycles. The van der Waals surface area contributed by atoms with Gasteiger partial charge >= 0.3 is 11.9 Å². The summed E-state index contributed by atoms with van der Waals surface area (Å²) in [4.78, 5) is 19.5. The lowest BCUT2D eigenvalue weighted by molar-refractivity contribution is -0.165. The van der Waals surface area contributed by atoms with Crippen LogP contribution in [-0.2, 0) is 9.59 Å². The molecular formula is C10H24N2O6. The van der Waals surface area contributed by atoms with Crippen LogP contribution in [0.3, 0.4) is 0 Å². The Morgan fingerprint density at radius 2 is 0.889 bits per heavy atom. The maximum absolute atomic E-state index is 9.77. The first-order valence-corrected chi connectivity index (χ1v) is 5.26. The Hall–Kier alpha value is -1.22. The normalized spacial score (nSPS) is 12.8. The molecular weight excluding hydrogens is 244 g/mol. The summed E-state index contributed by atoms with van der Waals surface area (Å²) in [5.74, 6) is -3.54. The van der Waals surface area contributed by atoms with E-state index in [0.29, 0.717) is 12.1 Å². The second-order valence-corrected chi connectivity index (χ2v) is 4.05. The van der Waals surface area contributed by atoms with E-state index >= 15 is 0 Å². The van der Waals surface area contributed by atoms with Gasteiger partial charge in [0.15, 0.2) is 12.2 Å². The van der Waals surface area contributed by atoms with Crippen molar-refractivity contribution in [2.45, 2.75) is 52.0 Å². The SMILES string of the molecule is CC(C)N.CC(C)N.O=C(O)C(O)C(O)C(=O)O. The summed E-state index contributed by atoms with van der Waals surface area (Å²) in [6, 6.07) is 0.667. The Morgan fingerprint density at radius 3 is 0.944 bits per heavy atom. The van der Waals surface area contributed by atoms with E-state index in [2.05, 4.69) is 0 Å². The monoisotopic (exact) mass is 268 g/mol. The Bertz CT molecular complexity index is 203. The van der Waals surface area contributed by atoms with Crippen molar-refractivity contribution >= 4 is 11.9 Å². The molecule has 0 aromatic rings. The first-order valence-electron chi connectivity index (χ1n) is 5.26. The topological polar surface area (TPSA) is 167 Å². The molecule has 8 heteroatoms. The minimum Gasteiger partial charge on any atom is -0.479 e. The number of nitrogens with two attached hydrogens (primary N) is 2. The number of carboxylic acid groups (broad SMARTS) is 2. The predicted molar refractivity (Wildman–Crippen MR) is 65.9 cm³/mol. The number of hydrogen-bond donors (Lipinski definition) is 6. The van der Waals surface area contributed by atoms with Gasteiger partial charge in [-0.25, -0.2) is 9.59 Å². The molecule has 0 bridgehead atoms. The Kier molecular flexibility index (Phi) is 15.0. The van der Waals surface area contributed by atoms with E-state index in [0.717, 1.165) is 0 Å². The average Bonchev–Trinajstić information content (AvgIpc) is 2.13. The Labute approximate surface area is 106 Å². The zero-order valence-corrected chi connectivity index (χ0v) is 11.1. The summed E-state index contributed by atoms with van der Waals surface area (Å²) in [6.45, 7) is 7.78. The highest BCUT2D eigenvalue weighted by molar-refractivity contribution is 5.83. The van der Waals surface area contributed by atoms with Gasteiger partial charge in [0.05, 0.1) is 0 Å². The quantitative estimate of drug-likeness (QED) is 0.362. The fourth-order valence-electron chi connectivity index (χ4n) is 0.270. The second-order valence-electron chi connectivity index (χ2n) is 4.05. The highest BCUT2D eigenvalue weighted by atomic mass is 16.4. The summed E-state index contributed by atoms with van der Waals surface area (Å²) in [5.41, 5.74) is 10.2. The van der Waals surface area contributed by atoms with Crippen LogP contribution >= 0.6 is 0 Å². The molecule has 0 rings (SSSR count). The van der Waals surface area contributed by atoms with Crippen LogP contribution in [-0.4, -0.2) is 56.7 Å². The van der Waals surface area contributed by atoms with Gasteiger partial charge in [-0.3, -0.25) is 0 Å². The van der Waals surface area contributed by atoms with Gasteiger partial charge in [-0.05, 0) is 12.1 Å². The lowest BCUT2D eigenvalue weighted by Crippen LogP contribution is -2.39. The van der Waals surface area contributed by atoms with Crippen molar-refractivity contribution in [3.63, 3.8) is 0 Å². The molecule has 0 aromatic carbocycles. The summed E-state index contributed by atoms with van der Waals surface area (Å²) < 4.78 is 0. The van der Waals surface area contributed by atoms with E-state index in [1.54, 1.807) is 0 Å². The zero-order valence-electron chi connectivity index (χ0n) is 11.1. The minimum absolute atomic E-state index is 0.333. The summed E-state index contributed by atoms with van der Waals surface area (Å²) in [6.07, 6.45) is -4.53. The first-order chi connectivity index (χ1) is 7.93. The van der Waals surface area contributed by atoms with Gasteiger partial charge in [-0.15, -0.1) is 0 Å². The molecule has 0 saturated heterocycles. The molecule has 8 nitrogen and oxygen atoms in total. The molecule has 0 amide bonds. The van der Waals surface area contributed by atoms with Crippen molar-refractivity contribution in [1.82, 2.24) is 0 Å². The predicted octanol–water partition coefficient (Wildman–Crippen LogP) is -1.42. The molecule has 8 N–H and O–H groups in total. The third kappa shape index (κ3) is 24.2. The molecule has 0 aliphatic rings. The van der Waals surface area contributed by atoms with Gasteiger partial charge in [-0.2, -0.15) is 0 Å². The van der Waals surface area contributed by atoms with Gasteiger partial charge in [0, 0.05) is 0 Å². The average molecular weight is 268 g/mol. The van der Waals surface area contributed by atoms with Crippen LogP contribution in [0, 0.1) is 0 Å². The number of aliphatic hydroxyl groups is 2. The summed E-state index contributed by atoms with van der Waals surface area (Å²) in [7, 11) is 0. The maximum Gasteiger partial charge on any atom is 0.335 e. The molecule has 0 spiro atoms. The van der Waals surface area contributed by atoms with Crippen LogP contribution in [0.15, 0.2) is 0 Å². The number of hydrogen-bond acceptors (Lipinski definition) is 6. The van der Waals surface area contributed by atoms with Gasteiger partial charge < -0.3 is 31.9 Å². The van der Waals surface area contributed by atoms with Crippen molar-refractivity contribution in [3.05, 3.63) is 0 Å². The first kappa shape index (κ1) is 22.0. The van der Waals surface area contributed by atoms with Gasteiger partial charge in [0.2, 0.25) is 0 Å². The van der Waals surface area contributed by atoms with Crippen molar-refractivity contribution in [2.75, 3.05) is 0 Å². The smallest absolute Gasteiger partial charge is 0.335 e. The van der Waals surface area contributed by atoms with E-state index in [1.165, 1.54) is 0 Å². The van der Waals surface area contributed by atoms with Crippen molar-refractivity contribution < 1.29 is 30.0 Å². The number of rotatable bonds is 3. The van der Waals surface area contributed by atoms with E-state index in [9.17, 15) is 9.59 Å². The second kappa shape index (κ2) is 12.2. The highest BCUT2D eigenvalue weighted by Crippen LogP contribution is 1.92. The molecule has 2 unspecified atom stereocenters. The molecule has 2 atom stereocenters. The van der Waals surface area contributed by atoms with E-state index < -0.39 is 24.1 Å². The number of aliphatic carboxylic acids is 2. The Balaban J connectivity index is -0.000000233. The van der Waals surface area contributed by atoms with Crippen LogP contribution in [0.4, 0.5) is 0 Å². The van der Waals surface area contributed by atoms with E-state index in [4.69, 9.17) is 31.9 Å². The molecule has 110 valence electrons. The lowest BCUT2D eigenvalue weighted by Gasteiger charge is -2.07. The molecule has 0 aromatic heterocycles. The van der Waals surface area contributed by atoms with E-state index in [1.807, 2.05) is 27.7 Å². The van der Waals surface area contributed by atoms with E-state index in [-0.39, 0.29) is 0 Å². The van der Waals surface area contributed by atoms with Gasteiger partial charge in [-0.1, -0.05) is 27.7 Å². The highest BCUT2D eigenvalue weighted by Gasteiger charge is 2.29. The molecule has 0 fully saturated rings. The Morgan fingerprint density at radius 1 is 0.778 bits per heavy atom. The van der Waals surface area contributed by atoms with Crippen molar-refractivity contribution in [2.24, 2.45) is 11.5 Å². The van der Waals surface area contributed by atoms with Crippen LogP contribution in [0.25, 0.3) is 0 Å². The van der Waals surface area contributed by atoms with Gasteiger partial charge in [0.25, 0.3) is 0 Å². The molecule has 18 heavy (non-hydrogen) atoms. The third-order valence-electron chi connectivity index (χ3n) is 0.805. The molecule has 0 aliphatic heterocycles. The minimum atomic E-state index is -2.27. The fourth-order valence-corrected chi connectivity index (χ4v) is 0.270. The van der Waals surface area contributed by atoms with Crippen LogP contribution in [0.5, 0.6) is 0 Å². The third-order valence-corrected chi connectivity index (χ3v) is 0.805. The maximum atomic E-state index is 9.77. The van der Waals surface area contributed by atoms with Crippen molar-refractivity contribution in [1.29, 1.82) is 0 Å². The number of aliphatic hydroxyl groups excluding tert-OH is 2. The van der Waals surface area contributed by atoms with Gasteiger partial charge in [0.1, 0.15) is 0 Å². The van der Waals surface area contributed by atoms with Crippen LogP contribution in [0.1, 0.15) is 27.7 Å². The standard InChI is InChI=1S/C4H6O6.2C3H9N/c5-1(3(7)8)2(6)4(9)10;2*1-3(2)4/h1-2,5-6H,(H,7,8)(H,9,10);2*3H,4H2,1-2H3.